The summed E-state index contributed by atoms with van der Waals surface area (Å²) in [5.74, 6) is -1.28. The van der Waals surface area contributed by atoms with Gasteiger partial charge in [0.25, 0.3) is 0 Å². The first kappa shape index (κ1) is 15.7. The lowest BCUT2D eigenvalue weighted by molar-refractivity contribution is 0.313. The molecule has 17 heavy (non-hydrogen) atoms. The van der Waals surface area contributed by atoms with Crippen molar-refractivity contribution < 1.29 is 9.50 Å². The monoisotopic (exact) mass is 258 g/mol. The summed E-state index contributed by atoms with van der Waals surface area (Å²) in [5, 5.41) is 18.3. The van der Waals surface area contributed by atoms with Crippen LogP contribution in [0.15, 0.2) is 12.1 Å². The van der Waals surface area contributed by atoms with Gasteiger partial charge in [-0.05, 0) is 17.5 Å². The average Bonchev–Trinajstić information content (AvgIpc) is 2.19. The van der Waals surface area contributed by atoms with Gasteiger partial charge in [-0.3, -0.25) is 0 Å². The number of nitrogens with two attached hydrogens (primary N) is 1. The van der Waals surface area contributed by atoms with E-state index < -0.39 is 17.6 Å². The summed E-state index contributed by atoms with van der Waals surface area (Å²) in [7, 11) is 0. The molecular weight excluding hydrogens is 243 g/mol. The molecule has 1 aromatic carbocycles. The first-order valence-electron chi connectivity index (χ1n) is 4.95. The number of rotatable bonds is 1. The van der Waals surface area contributed by atoms with Gasteiger partial charge in [-0.1, -0.05) is 20.8 Å². The maximum atomic E-state index is 13.3. The van der Waals surface area contributed by atoms with Crippen molar-refractivity contribution in [2.24, 2.45) is 11.1 Å². The van der Waals surface area contributed by atoms with Crippen molar-refractivity contribution in [2.75, 3.05) is 0 Å². The predicted molar refractivity (Wildman–Crippen MR) is 66.4 cm³/mol. The Balaban J connectivity index is 0.00000256. The van der Waals surface area contributed by atoms with Crippen molar-refractivity contribution >= 4 is 12.4 Å². The molecule has 94 valence electrons. The molecule has 0 bridgehead atoms. The second-order valence-electron chi connectivity index (χ2n) is 4.85. The molecule has 0 saturated carbocycles. The fourth-order valence-electron chi connectivity index (χ4n) is 1.39. The topological polar surface area (TPSA) is 70.0 Å². The third kappa shape index (κ3) is 3.32. The molecule has 0 spiro atoms. The lowest BCUT2D eigenvalue weighted by atomic mass is 9.82. The van der Waals surface area contributed by atoms with Gasteiger partial charge in [0.05, 0.1) is 11.6 Å². The van der Waals surface area contributed by atoms with E-state index in [2.05, 4.69) is 0 Å². The first-order valence-corrected chi connectivity index (χ1v) is 4.95. The van der Waals surface area contributed by atoms with E-state index in [4.69, 9.17) is 11.0 Å². The van der Waals surface area contributed by atoms with E-state index in [9.17, 15) is 9.50 Å². The Hall–Kier alpha value is -1.31. The van der Waals surface area contributed by atoms with Crippen LogP contribution < -0.4 is 5.73 Å². The minimum absolute atomic E-state index is 0. The maximum Gasteiger partial charge on any atom is 0.166 e. The van der Waals surface area contributed by atoms with Crippen LogP contribution in [-0.2, 0) is 0 Å². The van der Waals surface area contributed by atoms with E-state index in [1.54, 1.807) is 0 Å². The van der Waals surface area contributed by atoms with Crippen LogP contribution in [0.1, 0.15) is 37.9 Å². The number of aromatic hydroxyl groups is 1. The molecule has 0 amide bonds. The van der Waals surface area contributed by atoms with Crippen LogP contribution in [0, 0.1) is 22.6 Å². The molecule has 1 aromatic rings. The molecule has 0 aliphatic heterocycles. The largest absolute Gasteiger partial charge is 0.505 e. The van der Waals surface area contributed by atoms with Gasteiger partial charge in [0.15, 0.2) is 11.6 Å². The maximum absolute atomic E-state index is 13.3. The third-order valence-corrected chi connectivity index (χ3v) is 2.49. The molecule has 1 atom stereocenters. The molecule has 0 aliphatic carbocycles. The summed E-state index contributed by atoms with van der Waals surface area (Å²) in [6.45, 7) is 5.65. The Labute approximate surface area is 106 Å². The quantitative estimate of drug-likeness (QED) is 0.814. The zero-order valence-electron chi connectivity index (χ0n) is 9.99. The van der Waals surface area contributed by atoms with Crippen molar-refractivity contribution in [1.82, 2.24) is 0 Å². The summed E-state index contributed by atoms with van der Waals surface area (Å²) in [5.41, 5.74) is 6.03. The van der Waals surface area contributed by atoms with Gasteiger partial charge in [0.1, 0.15) is 0 Å². The van der Waals surface area contributed by atoms with Gasteiger partial charge < -0.3 is 10.8 Å². The summed E-state index contributed by atoms with van der Waals surface area (Å²) in [6, 6.07) is 3.72. The van der Waals surface area contributed by atoms with E-state index in [0.717, 1.165) is 6.07 Å². The lowest BCUT2D eigenvalue weighted by Crippen LogP contribution is -2.26. The Kier molecular flexibility index (Phi) is 4.94. The standard InChI is InChI=1S/C12H15FN2O.ClH/c1-12(2,3)11(15)8-4-7(6-14)5-9(13)10(8)16;/h4-5,11,16H,15H2,1-3H3;1H/t11-;/m1./s1. The van der Waals surface area contributed by atoms with Gasteiger partial charge in [0, 0.05) is 11.6 Å². The predicted octanol–water partition coefficient (Wildman–Crippen LogP) is 2.87. The summed E-state index contributed by atoms with van der Waals surface area (Å²) >= 11 is 0. The summed E-state index contributed by atoms with van der Waals surface area (Å²) in [6.07, 6.45) is 0. The van der Waals surface area contributed by atoms with E-state index >= 15 is 0 Å². The van der Waals surface area contributed by atoms with Gasteiger partial charge >= 0.3 is 0 Å². The Morgan fingerprint density at radius 1 is 1.41 bits per heavy atom. The Morgan fingerprint density at radius 3 is 2.35 bits per heavy atom. The van der Waals surface area contributed by atoms with Crippen molar-refractivity contribution in [3.05, 3.63) is 29.1 Å². The van der Waals surface area contributed by atoms with Gasteiger partial charge in [-0.25, -0.2) is 4.39 Å². The number of nitriles is 1. The fraction of sp³-hybridized carbons (Fsp3) is 0.417. The molecule has 3 nitrogen and oxygen atoms in total. The molecular formula is C12H16ClFN2O. The molecule has 3 N–H and O–H groups in total. The van der Waals surface area contributed by atoms with E-state index in [1.165, 1.54) is 6.07 Å². The van der Waals surface area contributed by atoms with Crippen LogP contribution in [-0.4, -0.2) is 5.11 Å². The Bertz CT molecular complexity index is 449. The van der Waals surface area contributed by atoms with E-state index in [-0.39, 0.29) is 28.9 Å². The van der Waals surface area contributed by atoms with Gasteiger partial charge in [-0.15, -0.1) is 12.4 Å². The van der Waals surface area contributed by atoms with Crippen molar-refractivity contribution in [3.8, 4) is 11.8 Å². The van der Waals surface area contributed by atoms with Crippen LogP contribution in [0.3, 0.4) is 0 Å². The summed E-state index contributed by atoms with van der Waals surface area (Å²) in [4.78, 5) is 0. The highest BCUT2D eigenvalue weighted by Crippen LogP contribution is 2.36. The van der Waals surface area contributed by atoms with Crippen LogP contribution in [0.4, 0.5) is 4.39 Å². The average molecular weight is 259 g/mol. The van der Waals surface area contributed by atoms with Crippen LogP contribution in [0.5, 0.6) is 5.75 Å². The second kappa shape index (κ2) is 5.35. The molecule has 0 radical (unpaired) electrons. The molecule has 1 rings (SSSR count). The SMILES string of the molecule is CC(C)(C)[C@H](N)c1cc(C#N)cc(F)c1O.Cl. The van der Waals surface area contributed by atoms with Crippen molar-refractivity contribution in [1.29, 1.82) is 5.26 Å². The number of halogens is 2. The highest BCUT2D eigenvalue weighted by Gasteiger charge is 2.26. The minimum Gasteiger partial charge on any atom is -0.505 e. The molecule has 5 heteroatoms. The van der Waals surface area contributed by atoms with Gasteiger partial charge in [-0.2, -0.15) is 5.26 Å². The number of phenolic OH excluding ortho intramolecular Hbond substituents is 1. The van der Waals surface area contributed by atoms with Crippen LogP contribution >= 0.6 is 12.4 Å². The molecule has 0 unspecified atom stereocenters. The normalized spacial score (nSPS) is 12.5. The third-order valence-electron chi connectivity index (χ3n) is 2.49. The zero-order chi connectivity index (χ0) is 12.5. The first-order chi connectivity index (χ1) is 7.27. The second-order valence-corrected chi connectivity index (χ2v) is 4.85. The lowest BCUT2D eigenvalue weighted by Gasteiger charge is -2.28. The van der Waals surface area contributed by atoms with Crippen molar-refractivity contribution in [3.63, 3.8) is 0 Å². The number of hydrogen-bond donors (Lipinski definition) is 2. The molecule has 0 fully saturated rings. The molecule has 0 saturated heterocycles. The summed E-state index contributed by atoms with van der Waals surface area (Å²) < 4.78 is 13.3. The molecule has 0 aromatic heterocycles. The van der Waals surface area contributed by atoms with Gasteiger partial charge in [0.2, 0.25) is 0 Å². The molecule has 0 heterocycles. The fourth-order valence-corrected chi connectivity index (χ4v) is 1.39. The molecule has 0 aliphatic rings. The minimum atomic E-state index is -0.811. The smallest absolute Gasteiger partial charge is 0.166 e. The van der Waals surface area contributed by atoms with E-state index in [1.807, 2.05) is 26.8 Å². The number of phenols is 1. The Morgan fingerprint density at radius 2 is 1.94 bits per heavy atom. The van der Waals surface area contributed by atoms with Crippen molar-refractivity contribution in [2.45, 2.75) is 26.8 Å². The highest BCUT2D eigenvalue weighted by molar-refractivity contribution is 5.85. The number of hydrogen-bond acceptors (Lipinski definition) is 3. The number of benzene rings is 1. The van der Waals surface area contributed by atoms with Crippen LogP contribution in [0.25, 0.3) is 0 Å². The zero-order valence-corrected chi connectivity index (χ0v) is 10.8. The van der Waals surface area contributed by atoms with Crippen LogP contribution in [0.2, 0.25) is 0 Å². The highest BCUT2D eigenvalue weighted by atomic mass is 35.5. The number of nitrogens with zero attached hydrogens (tertiary/aromatic N) is 1. The van der Waals surface area contributed by atoms with E-state index in [0.29, 0.717) is 0 Å².